The zero-order valence-corrected chi connectivity index (χ0v) is 14.6. The first-order valence-electron chi connectivity index (χ1n) is 8.63. The first kappa shape index (κ1) is 16.6. The fourth-order valence-corrected chi connectivity index (χ4v) is 3.04. The summed E-state index contributed by atoms with van der Waals surface area (Å²) < 4.78 is 1.74. The standard InChI is InChI=1S/C18H25N5O/c1-13(2)16-8-17(24)23(12-21-16)11-15-4-6-22(7-5-15)18-19-9-14(3)10-20-18/h8-10,12-13,15H,4-7,11H2,1-3H3. The van der Waals surface area contributed by atoms with Gasteiger partial charge in [-0.05, 0) is 37.2 Å². The quantitative estimate of drug-likeness (QED) is 0.863. The molecular weight excluding hydrogens is 302 g/mol. The Morgan fingerprint density at radius 1 is 1.17 bits per heavy atom. The smallest absolute Gasteiger partial charge is 0.253 e. The molecule has 0 unspecified atom stereocenters. The van der Waals surface area contributed by atoms with Crippen LogP contribution in [0.3, 0.4) is 0 Å². The highest BCUT2D eigenvalue weighted by Crippen LogP contribution is 2.21. The van der Waals surface area contributed by atoms with Crippen LogP contribution in [0.2, 0.25) is 0 Å². The van der Waals surface area contributed by atoms with E-state index in [4.69, 9.17) is 0 Å². The Morgan fingerprint density at radius 2 is 1.83 bits per heavy atom. The maximum atomic E-state index is 12.2. The Morgan fingerprint density at radius 3 is 2.42 bits per heavy atom. The molecule has 24 heavy (non-hydrogen) atoms. The van der Waals surface area contributed by atoms with Crippen LogP contribution >= 0.6 is 0 Å². The van der Waals surface area contributed by atoms with Crippen LogP contribution in [0.15, 0.2) is 29.6 Å². The Hall–Kier alpha value is -2.24. The summed E-state index contributed by atoms with van der Waals surface area (Å²) in [6.45, 7) is 8.70. The molecule has 1 saturated heterocycles. The lowest BCUT2D eigenvalue weighted by Gasteiger charge is -2.32. The van der Waals surface area contributed by atoms with Gasteiger partial charge in [0.15, 0.2) is 0 Å². The second kappa shape index (κ2) is 7.11. The molecule has 3 rings (SSSR count). The van der Waals surface area contributed by atoms with E-state index in [1.165, 1.54) is 0 Å². The zero-order chi connectivity index (χ0) is 17.1. The summed E-state index contributed by atoms with van der Waals surface area (Å²) in [5, 5.41) is 0. The van der Waals surface area contributed by atoms with Gasteiger partial charge in [-0.15, -0.1) is 0 Å². The molecule has 0 saturated carbocycles. The third-order valence-electron chi connectivity index (χ3n) is 4.61. The fraction of sp³-hybridized carbons (Fsp3) is 0.556. The molecule has 2 aromatic rings. The third kappa shape index (κ3) is 3.80. The van der Waals surface area contributed by atoms with E-state index >= 15 is 0 Å². The number of rotatable bonds is 4. The van der Waals surface area contributed by atoms with E-state index in [0.29, 0.717) is 5.92 Å². The third-order valence-corrected chi connectivity index (χ3v) is 4.61. The highest BCUT2D eigenvalue weighted by atomic mass is 16.1. The highest BCUT2D eigenvalue weighted by molar-refractivity contribution is 5.30. The Balaban J connectivity index is 1.59. The lowest BCUT2D eigenvalue weighted by molar-refractivity contribution is 0.348. The van der Waals surface area contributed by atoms with E-state index in [2.05, 4.69) is 33.7 Å². The van der Waals surface area contributed by atoms with Gasteiger partial charge in [0.05, 0.1) is 12.0 Å². The fourth-order valence-electron chi connectivity index (χ4n) is 3.04. The minimum absolute atomic E-state index is 0.0537. The molecule has 0 aromatic carbocycles. The van der Waals surface area contributed by atoms with Crippen molar-refractivity contribution >= 4 is 5.95 Å². The predicted octanol–water partition coefficient (Wildman–Crippen LogP) is 2.38. The van der Waals surface area contributed by atoms with Crippen molar-refractivity contribution in [3.8, 4) is 0 Å². The molecule has 0 amide bonds. The zero-order valence-electron chi connectivity index (χ0n) is 14.6. The first-order chi connectivity index (χ1) is 11.5. The van der Waals surface area contributed by atoms with Crippen LogP contribution in [-0.2, 0) is 6.54 Å². The molecule has 0 radical (unpaired) electrons. The van der Waals surface area contributed by atoms with Crippen LogP contribution in [0.1, 0.15) is 43.9 Å². The molecule has 1 aliphatic rings. The summed E-state index contributed by atoms with van der Waals surface area (Å²) in [6.07, 6.45) is 7.49. The van der Waals surface area contributed by atoms with Crippen molar-refractivity contribution in [2.45, 2.75) is 46.1 Å². The van der Waals surface area contributed by atoms with Gasteiger partial charge in [0.25, 0.3) is 5.56 Å². The summed E-state index contributed by atoms with van der Waals surface area (Å²) in [4.78, 5) is 27.7. The second-order valence-corrected chi connectivity index (χ2v) is 6.95. The van der Waals surface area contributed by atoms with Crippen molar-refractivity contribution in [1.82, 2.24) is 19.5 Å². The van der Waals surface area contributed by atoms with Gasteiger partial charge in [-0.25, -0.2) is 15.0 Å². The Labute approximate surface area is 142 Å². The van der Waals surface area contributed by atoms with Gasteiger partial charge in [-0.1, -0.05) is 13.8 Å². The molecule has 128 valence electrons. The van der Waals surface area contributed by atoms with Crippen LogP contribution in [0.4, 0.5) is 5.95 Å². The Kier molecular flexibility index (Phi) is 4.92. The van der Waals surface area contributed by atoms with Gasteiger partial charge < -0.3 is 4.90 Å². The molecule has 1 fully saturated rings. The number of hydrogen-bond acceptors (Lipinski definition) is 5. The van der Waals surface area contributed by atoms with Crippen LogP contribution in [0.5, 0.6) is 0 Å². The monoisotopic (exact) mass is 327 g/mol. The molecule has 3 heterocycles. The first-order valence-corrected chi connectivity index (χ1v) is 8.63. The molecule has 0 spiro atoms. The lowest BCUT2D eigenvalue weighted by atomic mass is 9.97. The molecule has 6 nitrogen and oxygen atoms in total. The minimum Gasteiger partial charge on any atom is -0.341 e. The van der Waals surface area contributed by atoms with Gasteiger partial charge in [-0.3, -0.25) is 9.36 Å². The predicted molar refractivity (Wildman–Crippen MR) is 94.3 cm³/mol. The molecule has 1 aliphatic heterocycles. The van der Waals surface area contributed by atoms with Crippen LogP contribution in [0.25, 0.3) is 0 Å². The van der Waals surface area contributed by atoms with E-state index in [0.717, 1.165) is 49.7 Å². The molecule has 2 aromatic heterocycles. The van der Waals surface area contributed by atoms with Gasteiger partial charge in [0.2, 0.25) is 5.95 Å². The van der Waals surface area contributed by atoms with Crippen molar-refractivity contribution < 1.29 is 0 Å². The van der Waals surface area contributed by atoms with Crippen LogP contribution < -0.4 is 10.5 Å². The summed E-state index contributed by atoms with van der Waals surface area (Å²) in [7, 11) is 0. The average Bonchev–Trinajstić information content (AvgIpc) is 2.58. The van der Waals surface area contributed by atoms with E-state index in [-0.39, 0.29) is 11.5 Å². The van der Waals surface area contributed by atoms with Crippen LogP contribution in [0, 0.1) is 12.8 Å². The van der Waals surface area contributed by atoms with Crippen molar-refractivity contribution in [3.05, 3.63) is 46.4 Å². The maximum absolute atomic E-state index is 12.2. The minimum atomic E-state index is 0.0537. The van der Waals surface area contributed by atoms with Crippen molar-refractivity contribution in [2.24, 2.45) is 5.92 Å². The summed E-state index contributed by atoms with van der Waals surface area (Å²) in [6, 6.07) is 1.67. The normalized spacial score (nSPS) is 15.9. The van der Waals surface area contributed by atoms with Crippen molar-refractivity contribution in [2.75, 3.05) is 18.0 Å². The number of hydrogen-bond donors (Lipinski definition) is 0. The van der Waals surface area contributed by atoms with Gasteiger partial charge in [-0.2, -0.15) is 0 Å². The van der Waals surface area contributed by atoms with Gasteiger partial charge in [0.1, 0.15) is 0 Å². The number of piperidine rings is 1. The average molecular weight is 327 g/mol. The largest absolute Gasteiger partial charge is 0.341 e. The summed E-state index contributed by atoms with van der Waals surface area (Å²) >= 11 is 0. The second-order valence-electron chi connectivity index (χ2n) is 6.95. The summed E-state index contributed by atoms with van der Waals surface area (Å²) in [5.74, 6) is 1.58. The molecule has 0 bridgehead atoms. The lowest BCUT2D eigenvalue weighted by Crippen LogP contribution is -2.37. The molecular formula is C18H25N5O. The van der Waals surface area contributed by atoms with Crippen LogP contribution in [-0.4, -0.2) is 32.6 Å². The van der Waals surface area contributed by atoms with E-state index in [9.17, 15) is 4.79 Å². The number of nitrogens with zero attached hydrogens (tertiary/aromatic N) is 5. The van der Waals surface area contributed by atoms with E-state index < -0.39 is 0 Å². The topological polar surface area (TPSA) is 63.9 Å². The van der Waals surface area contributed by atoms with E-state index in [1.54, 1.807) is 17.0 Å². The van der Waals surface area contributed by atoms with E-state index in [1.807, 2.05) is 19.3 Å². The number of aromatic nitrogens is 4. The SMILES string of the molecule is Cc1cnc(N2CCC(Cn3cnc(C(C)C)cc3=O)CC2)nc1. The highest BCUT2D eigenvalue weighted by Gasteiger charge is 2.21. The maximum Gasteiger partial charge on any atom is 0.253 e. The number of anilines is 1. The number of aryl methyl sites for hydroxylation is 1. The summed E-state index contributed by atoms with van der Waals surface area (Å²) in [5.41, 5.74) is 1.99. The van der Waals surface area contributed by atoms with Gasteiger partial charge >= 0.3 is 0 Å². The molecule has 0 atom stereocenters. The Bertz CT molecular complexity index is 730. The molecule has 0 N–H and O–H groups in total. The molecule has 6 heteroatoms. The van der Waals surface area contributed by atoms with Gasteiger partial charge in [0, 0.05) is 38.1 Å². The van der Waals surface area contributed by atoms with Crippen molar-refractivity contribution in [3.63, 3.8) is 0 Å². The molecule has 0 aliphatic carbocycles. The van der Waals surface area contributed by atoms with Crippen molar-refractivity contribution in [1.29, 1.82) is 0 Å².